The van der Waals surface area contributed by atoms with Gasteiger partial charge in [-0.05, 0) is 26.8 Å². The molecule has 98 valence electrons. The fourth-order valence-electron chi connectivity index (χ4n) is 2.20. The Kier molecular flexibility index (Phi) is 4.93. The highest BCUT2D eigenvalue weighted by molar-refractivity contribution is 5.86. The molecule has 0 aromatic rings. The van der Waals surface area contributed by atoms with E-state index in [4.69, 9.17) is 5.11 Å². The van der Waals surface area contributed by atoms with Gasteiger partial charge in [-0.25, -0.2) is 0 Å². The second-order valence-corrected chi connectivity index (χ2v) is 4.74. The number of carboxylic acid groups (broad SMARTS) is 1. The molecule has 2 atom stereocenters. The SMILES string of the molecule is CCC(C)N1CCCN(C)C(CC(=O)O)C1=O. The number of likely N-dealkylation sites (N-methyl/N-ethyl adjacent to an activating group) is 1. The highest BCUT2D eigenvalue weighted by Gasteiger charge is 2.33. The third-order valence-corrected chi connectivity index (χ3v) is 3.50. The third-order valence-electron chi connectivity index (χ3n) is 3.50. The fraction of sp³-hybridized carbons (Fsp3) is 0.833. The molecule has 1 N–H and O–H groups in total. The molecule has 1 saturated heterocycles. The topological polar surface area (TPSA) is 60.9 Å². The molecule has 1 amide bonds. The molecule has 17 heavy (non-hydrogen) atoms. The predicted molar refractivity (Wildman–Crippen MR) is 64.8 cm³/mol. The molecule has 1 aliphatic heterocycles. The minimum atomic E-state index is -0.916. The summed E-state index contributed by atoms with van der Waals surface area (Å²) in [5, 5.41) is 8.88. The summed E-state index contributed by atoms with van der Waals surface area (Å²) < 4.78 is 0. The lowest BCUT2D eigenvalue weighted by molar-refractivity contribution is -0.145. The summed E-state index contributed by atoms with van der Waals surface area (Å²) in [6, 6.07) is -0.325. The molecule has 1 fully saturated rings. The number of carbonyl (C=O) groups is 2. The lowest BCUT2D eigenvalue weighted by Crippen LogP contribution is -2.48. The highest BCUT2D eigenvalue weighted by Crippen LogP contribution is 2.16. The maximum Gasteiger partial charge on any atom is 0.305 e. The van der Waals surface area contributed by atoms with Gasteiger partial charge in [0.2, 0.25) is 5.91 Å². The van der Waals surface area contributed by atoms with Crippen molar-refractivity contribution in [2.24, 2.45) is 0 Å². The molecule has 0 saturated carbocycles. The Labute approximate surface area is 102 Å². The van der Waals surface area contributed by atoms with Gasteiger partial charge in [-0.15, -0.1) is 0 Å². The quantitative estimate of drug-likeness (QED) is 0.792. The van der Waals surface area contributed by atoms with E-state index in [-0.39, 0.29) is 18.4 Å². The largest absolute Gasteiger partial charge is 0.481 e. The molecule has 0 spiro atoms. The molecule has 0 radical (unpaired) electrons. The molecule has 1 rings (SSSR count). The maximum atomic E-state index is 12.3. The van der Waals surface area contributed by atoms with Crippen LogP contribution in [0.3, 0.4) is 0 Å². The van der Waals surface area contributed by atoms with Gasteiger partial charge in [-0.3, -0.25) is 14.5 Å². The number of carboxylic acids is 1. The summed E-state index contributed by atoms with van der Waals surface area (Å²) in [5.41, 5.74) is 0. The Morgan fingerprint density at radius 1 is 1.53 bits per heavy atom. The van der Waals surface area contributed by atoms with Crippen LogP contribution in [0, 0.1) is 0 Å². The zero-order valence-electron chi connectivity index (χ0n) is 10.8. The number of nitrogens with zero attached hydrogens (tertiary/aromatic N) is 2. The number of hydrogen-bond donors (Lipinski definition) is 1. The first kappa shape index (κ1) is 14.0. The first-order chi connectivity index (χ1) is 7.97. The van der Waals surface area contributed by atoms with E-state index in [9.17, 15) is 9.59 Å². The van der Waals surface area contributed by atoms with Crippen molar-refractivity contribution in [3.8, 4) is 0 Å². The summed E-state index contributed by atoms with van der Waals surface area (Å²) in [7, 11) is 1.83. The van der Waals surface area contributed by atoms with Crippen molar-refractivity contribution in [3.63, 3.8) is 0 Å². The Morgan fingerprint density at radius 3 is 2.71 bits per heavy atom. The van der Waals surface area contributed by atoms with Gasteiger partial charge in [0.25, 0.3) is 0 Å². The molecule has 0 aromatic heterocycles. The number of amides is 1. The van der Waals surface area contributed by atoms with E-state index in [1.807, 2.05) is 30.7 Å². The molecule has 2 unspecified atom stereocenters. The van der Waals surface area contributed by atoms with Gasteiger partial charge in [0.15, 0.2) is 0 Å². The molecule has 0 bridgehead atoms. The second kappa shape index (κ2) is 6.00. The van der Waals surface area contributed by atoms with Gasteiger partial charge in [0, 0.05) is 19.1 Å². The Morgan fingerprint density at radius 2 is 2.18 bits per heavy atom. The van der Waals surface area contributed by atoms with E-state index in [1.165, 1.54) is 0 Å². The Balaban J connectivity index is 2.84. The standard InChI is InChI=1S/C12H22N2O3/c1-4-9(2)14-7-5-6-13(3)10(12(14)17)8-11(15)16/h9-10H,4-8H2,1-3H3,(H,15,16). The van der Waals surface area contributed by atoms with Crippen molar-refractivity contribution in [1.82, 2.24) is 9.80 Å². The first-order valence-electron chi connectivity index (χ1n) is 6.19. The first-order valence-corrected chi connectivity index (χ1v) is 6.19. The highest BCUT2D eigenvalue weighted by atomic mass is 16.4. The van der Waals surface area contributed by atoms with Crippen LogP contribution in [0.25, 0.3) is 0 Å². The average molecular weight is 242 g/mol. The molecular weight excluding hydrogens is 220 g/mol. The van der Waals surface area contributed by atoms with Gasteiger partial charge >= 0.3 is 5.97 Å². The van der Waals surface area contributed by atoms with Crippen LogP contribution in [-0.2, 0) is 9.59 Å². The summed E-state index contributed by atoms with van der Waals surface area (Å²) >= 11 is 0. The van der Waals surface area contributed by atoms with Gasteiger partial charge in [0.05, 0.1) is 12.5 Å². The molecule has 0 aliphatic carbocycles. The molecule has 1 aliphatic rings. The molecule has 0 aromatic carbocycles. The number of aliphatic carboxylic acids is 1. The summed E-state index contributed by atoms with van der Waals surface area (Å²) in [6.45, 7) is 5.56. The number of hydrogen-bond acceptors (Lipinski definition) is 3. The monoisotopic (exact) mass is 242 g/mol. The van der Waals surface area contributed by atoms with Crippen LogP contribution >= 0.6 is 0 Å². The van der Waals surface area contributed by atoms with Crippen LogP contribution in [0.1, 0.15) is 33.1 Å². The minimum absolute atomic E-state index is 0.0400. The number of rotatable bonds is 4. The van der Waals surface area contributed by atoms with E-state index < -0.39 is 12.0 Å². The zero-order chi connectivity index (χ0) is 13.0. The van der Waals surface area contributed by atoms with Crippen molar-refractivity contribution in [2.45, 2.75) is 45.2 Å². The smallest absolute Gasteiger partial charge is 0.305 e. The van der Waals surface area contributed by atoms with Crippen molar-refractivity contribution < 1.29 is 14.7 Å². The van der Waals surface area contributed by atoms with E-state index in [2.05, 4.69) is 0 Å². The summed E-state index contributed by atoms with van der Waals surface area (Å²) in [4.78, 5) is 26.8. The normalized spacial score (nSPS) is 24.5. The Bertz CT molecular complexity index is 293. The Hall–Kier alpha value is -1.10. The lowest BCUT2D eigenvalue weighted by Gasteiger charge is -2.31. The van der Waals surface area contributed by atoms with Crippen LogP contribution in [0.5, 0.6) is 0 Å². The number of carbonyl (C=O) groups excluding carboxylic acids is 1. The van der Waals surface area contributed by atoms with Gasteiger partial charge in [0.1, 0.15) is 0 Å². The van der Waals surface area contributed by atoms with E-state index in [0.717, 1.165) is 25.9 Å². The molecule has 5 nitrogen and oxygen atoms in total. The molecular formula is C12H22N2O3. The van der Waals surface area contributed by atoms with Crippen LogP contribution in [0.15, 0.2) is 0 Å². The van der Waals surface area contributed by atoms with Gasteiger partial charge in [-0.1, -0.05) is 6.92 Å². The van der Waals surface area contributed by atoms with E-state index in [0.29, 0.717) is 0 Å². The average Bonchev–Trinajstić information content (AvgIpc) is 2.40. The van der Waals surface area contributed by atoms with Crippen LogP contribution in [0.2, 0.25) is 0 Å². The van der Waals surface area contributed by atoms with Crippen LogP contribution in [0.4, 0.5) is 0 Å². The fourth-order valence-corrected chi connectivity index (χ4v) is 2.20. The van der Waals surface area contributed by atoms with Crippen molar-refractivity contribution >= 4 is 11.9 Å². The van der Waals surface area contributed by atoms with Gasteiger partial charge in [-0.2, -0.15) is 0 Å². The second-order valence-electron chi connectivity index (χ2n) is 4.74. The summed E-state index contributed by atoms with van der Waals surface area (Å²) in [6.07, 6.45) is 1.69. The van der Waals surface area contributed by atoms with Crippen molar-refractivity contribution in [2.75, 3.05) is 20.1 Å². The van der Waals surface area contributed by atoms with Crippen molar-refractivity contribution in [1.29, 1.82) is 0 Å². The zero-order valence-corrected chi connectivity index (χ0v) is 10.8. The van der Waals surface area contributed by atoms with Crippen molar-refractivity contribution in [3.05, 3.63) is 0 Å². The van der Waals surface area contributed by atoms with Crippen LogP contribution in [-0.4, -0.2) is 59.0 Å². The van der Waals surface area contributed by atoms with E-state index in [1.54, 1.807) is 0 Å². The predicted octanol–water partition coefficient (Wildman–Crippen LogP) is 0.792. The van der Waals surface area contributed by atoms with Gasteiger partial charge < -0.3 is 10.0 Å². The van der Waals surface area contributed by atoms with E-state index >= 15 is 0 Å². The third kappa shape index (κ3) is 3.43. The lowest BCUT2D eigenvalue weighted by atomic mass is 10.1. The molecule has 1 heterocycles. The minimum Gasteiger partial charge on any atom is -0.481 e. The summed E-state index contributed by atoms with van der Waals surface area (Å²) in [5.74, 6) is -0.956. The molecule has 5 heteroatoms. The maximum absolute atomic E-state index is 12.3. The van der Waals surface area contributed by atoms with Crippen LogP contribution < -0.4 is 0 Å².